The molecule has 0 aliphatic heterocycles. The molecule has 0 bridgehead atoms. The number of unbranched alkanes of at least 4 members (excludes halogenated alkanes) is 2. The van der Waals surface area contributed by atoms with E-state index in [9.17, 15) is 8.42 Å². The average Bonchev–Trinajstić information content (AvgIpc) is 2.12. The van der Waals surface area contributed by atoms with Crippen LogP contribution in [0.4, 0.5) is 0 Å². The van der Waals surface area contributed by atoms with Gasteiger partial charge in [-0.05, 0) is 19.3 Å². The lowest BCUT2D eigenvalue weighted by Crippen LogP contribution is -2.28. The molecule has 0 heterocycles. The first-order chi connectivity index (χ1) is 6.04. The van der Waals surface area contributed by atoms with Crippen LogP contribution in [-0.2, 0) is 10.0 Å². The summed E-state index contributed by atoms with van der Waals surface area (Å²) in [5, 5.41) is 8.11. The molecule has 80 valence electrons. The third kappa shape index (κ3) is 5.46. The van der Waals surface area contributed by atoms with E-state index in [1.807, 2.05) is 0 Å². The smallest absolute Gasteiger partial charge is 0.227 e. The predicted octanol–water partition coefficient (Wildman–Crippen LogP) is 0.607. The summed E-state index contributed by atoms with van der Waals surface area (Å²) in [4.78, 5) is 0. The normalized spacial score (nSPS) is 12.3. The number of nitrogens with zero attached hydrogens (tertiary/aromatic N) is 1. The molecule has 0 aromatic heterocycles. The van der Waals surface area contributed by atoms with Crippen LogP contribution in [-0.4, -0.2) is 43.2 Å². The lowest BCUT2D eigenvalue weighted by atomic mass is 10.2. The van der Waals surface area contributed by atoms with Crippen molar-refractivity contribution in [2.24, 2.45) is 0 Å². The topological polar surface area (TPSA) is 57.6 Å². The molecular formula is C7H16ClNO3S. The minimum Gasteiger partial charge on any atom is -0.396 e. The molecule has 0 aliphatic carbocycles. The van der Waals surface area contributed by atoms with Crippen LogP contribution >= 0.6 is 11.6 Å². The molecule has 0 saturated heterocycles. The number of sulfonamides is 1. The van der Waals surface area contributed by atoms with E-state index in [0.29, 0.717) is 6.54 Å². The van der Waals surface area contributed by atoms with E-state index < -0.39 is 10.0 Å². The van der Waals surface area contributed by atoms with Gasteiger partial charge in [0, 0.05) is 20.2 Å². The van der Waals surface area contributed by atoms with Gasteiger partial charge in [0.2, 0.25) is 10.0 Å². The van der Waals surface area contributed by atoms with Crippen LogP contribution in [0.1, 0.15) is 19.3 Å². The Morgan fingerprint density at radius 2 is 1.92 bits per heavy atom. The third-order valence-corrected chi connectivity index (χ3v) is 3.98. The van der Waals surface area contributed by atoms with Gasteiger partial charge in [-0.1, -0.05) is 0 Å². The fourth-order valence-electron chi connectivity index (χ4n) is 0.845. The summed E-state index contributed by atoms with van der Waals surface area (Å²) < 4.78 is 23.5. The third-order valence-electron chi connectivity index (χ3n) is 1.74. The van der Waals surface area contributed by atoms with Gasteiger partial charge in [-0.15, -0.1) is 11.6 Å². The number of hydrogen-bond donors (Lipinski definition) is 1. The predicted molar refractivity (Wildman–Crippen MR) is 53.2 cm³/mol. The van der Waals surface area contributed by atoms with Crippen molar-refractivity contribution in [3.8, 4) is 0 Å². The number of halogens is 1. The Hall–Kier alpha value is 0.160. The number of aliphatic hydroxyl groups is 1. The van der Waals surface area contributed by atoms with Crippen LogP contribution in [0.2, 0.25) is 0 Å². The van der Waals surface area contributed by atoms with Crippen molar-refractivity contribution in [1.29, 1.82) is 0 Å². The molecule has 0 spiro atoms. The lowest BCUT2D eigenvalue weighted by molar-refractivity contribution is 0.281. The summed E-state index contributed by atoms with van der Waals surface area (Å²) >= 11 is 5.26. The highest BCUT2D eigenvalue weighted by atomic mass is 35.5. The Morgan fingerprint density at radius 3 is 2.38 bits per heavy atom. The SMILES string of the molecule is CN(CCCCCO)S(=O)(=O)CCl. The second-order valence-electron chi connectivity index (χ2n) is 2.83. The number of rotatable bonds is 7. The van der Waals surface area contributed by atoms with Crippen molar-refractivity contribution in [3.63, 3.8) is 0 Å². The maximum atomic E-state index is 11.1. The van der Waals surface area contributed by atoms with Crippen molar-refractivity contribution in [1.82, 2.24) is 4.31 Å². The molecule has 0 fully saturated rings. The van der Waals surface area contributed by atoms with Crippen LogP contribution in [0.3, 0.4) is 0 Å². The monoisotopic (exact) mass is 229 g/mol. The molecule has 4 nitrogen and oxygen atoms in total. The number of hydrogen-bond acceptors (Lipinski definition) is 3. The molecular weight excluding hydrogens is 214 g/mol. The van der Waals surface area contributed by atoms with Gasteiger partial charge in [0.15, 0.2) is 0 Å². The number of alkyl halides is 1. The van der Waals surface area contributed by atoms with Crippen LogP contribution in [0.5, 0.6) is 0 Å². The summed E-state index contributed by atoms with van der Waals surface area (Å²) in [6, 6.07) is 0. The van der Waals surface area contributed by atoms with Crippen LogP contribution in [0.15, 0.2) is 0 Å². The van der Waals surface area contributed by atoms with Gasteiger partial charge < -0.3 is 5.11 Å². The van der Waals surface area contributed by atoms with Gasteiger partial charge in [-0.2, -0.15) is 0 Å². The molecule has 0 amide bonds. The molecule has 0 radical (unpaired) electrons. The second kappa shape index (κ2) is 6.59. The molecule has 0 saturated carbocycles. The van der Waals surface area contributed by atoms with E-state index in [1.54, 1.807) is 0 Å². The van der Waals surface area contributed by atoms with E-state index in [2.05, 4.69) is 0 Å². The molecule has 0 aromatic carbocycles. The van der Waals surface area contributed by atoms with Gasteiger partial charge in [-0.25, -0.2) is 12.7 Å². The molecule has 0 aromatic rings. The largest absolute Gasteiger partial charge is 0.396 e. The van der Waals surface area contributed by atoms with Crippen molar-refractivity contribution < 1.29 is 13.5 Å². The fourth-order valence-corrected chi connectivity index (χ4v) is 1.92. The van der Waals surface area contributed by atoms with Gasteiger partial charge in [-0.3, -0.25) is 0 Å². The van der Waals surface area contributed by atoms with Crippen LogP contribution in [0.25, 0.3) is 0 Å². The molecule has 0 atom stereocenters. The van der Waals surface area contributed by atoms with E-state index in [4.69, 9.17) is 16.7 Å². The van der Waals surface area contributed by atoms with Gasteiger partial charge >= 0.3 is 0 Å². The molecule has 13 heavy (non-hydrogen) atoms. The first kappa shape index (κ1) is 13.2. The zero-order valence-corrected chi connectivity index (χ0v) is 9.31. The Bertz CT molecular complexity index is 218. The minimum atomic E-state index is -3.25. The molecule has 0 rings (SSSR count). The summed E-state index contributed by atoms with van der Waals surface area (Å²) in [5.41, 5.74) is 0. The standard InChI is InChI=1S/C7H16ClNO3S/c1-9(13(11,12)7-8)5-3-2-4-6-10/h10H,2-7H2,1H3. The maximum Gasteiger partial charge on any atom is 0.227 e. The highest BCUT2D eigenvalue weighted by Crippen LogP contribution is 2.03. The fraction of sp³-hybridized carbons (Fsp3) is 1.00. The zero-order chi connectivity index (χ0) is 10.3. The maximum absolute atomic E-state index is 11.1. The van der Waals surface area contributed by atoms with Gasteiger partial charge in [0.1, 0.15) is 5.21 Å². The van der Waals surface area contributed by atoms with E-state index in [0.717, 1.165) is 19.3 Å². The summed E-state index contributed by atoms with van der Waals surface area (Å²) in [6.45, 7) is 0.626. The number of aliphatic hydroxyl groups excluding tert-OH is 1. The lowest BCUT2D eigenvalue weighted by Gasteiger charge is -2.14. The summed E-state index contributed by atoms with van der Waals surface area (Å²) in [5.74, 6) is 0. The van der Waals surface area contributed by atoms with Gasteiger partial charge in [0.05, 0.1) is 0 Å². The quantitative estimate of drug-likeness (QED) is 0.514. The zero-order valence-electron chi connectivity index (χ0n) is 7.74. The Balaban J connectivity index is 3.69. The molecule has 6 heteroatoms. The molecule has 0 aliphatic rings. The summed E-state index contributed by atoms with van der Waals surface area (Å²) in [7, 11) is -1.74. The average molecular weight is 230 g/mol. The van der Waals surface area contributed by atoms with E-state index in [-0.39, 0.29) is 11.8 Å². The van der Waals surface area contributed by atoms with Gasteiger partial charge in [0.25, 0.3) is 0 Å². The highest BCUT2D eigenvalue weighted by molar-refractivity contribution is 7.90. The van der Waals surface area contributed by atoms with Crippen molar-refractivity contribution in [2.75, 3.05) is 25.4 Å². The van der Waals surface area contributed by atoms with Crippen LogP contribution in [0, 0.1) is 0 Å². The van der Waals surface area contributed by atoms with E-state index in [1.165, 1.54) is 11.4 Å². The Labute approximate surface area is 84.5 Å². The van der Waals surface area contributed by atoms with Crippen molar-refractivity contribution in [3.05, 3.63) is 0 Å². The second-order valence-corrected chi connectivity index (χ2v) is 5.49. The first-order valence-corrected chi connectivity index (χ1v) is 6.30. The Kier molecular flexibility index (Phi) is 6.67. The van der Waals surface area contributed by atoms with E-state index >= 15 is 0 Å². The minimum absolute atomic E-state index is 0.159. The first-order valence-electron chi connectivity index (χ1n) is 4.15. The molecule has 1 N–H and O–H groups in total. The highest BCUT2D eigenvalue weighted by Gasteiger charge is 2.14. The molecule has 0 unspecified atom stereocenters. The van der Waals surface area contributed by atoms with Crippen molar-refractivity contribution >= 4 is 21.6 Å². The summed E-state index contributed by atoms with van der Waals surface area (Å²) in [6.07, 6.45) is 2.31. The Morgan fingerprint density at radius 1 is 1.31 bits per heavy atom. The van der Waals surface area contributed by atoms with Crippen molar-refractivity contribution in [2.45, 2.75) is 19.3 Å². The van der Waals surface area contributed by atoms with Crippen LogP contribution < -0.4 is 0 Å².